The van der Waals surface area contributed by atoms with E-state index >= 15 is 0 Å². The van der Waals surface area contributed by atoms with E-state index < -0.39 is 0 Å². The number of aromatic nitrogens is 3. The highest BCUT2D eigenvalue weighted by atomic mass is 16.5. The molecule has 1 aliphatic rings. The number of methoxy groups -OCH3 is 1. The normalized spacial score (nSPS) is 13.7. The predicted molar refractivity (Wildman–Crippen MR) is 94.6 cm³/mol. The molecule has 0 radical (unpaired) electrons. The topological polar surface area (TPSA) is 73.1 Å². The van der Waals surface area contributed by atoms with Crippen LogP contribution in [0, 0.1) is 0 Å². The van der Waals surface area contributed by atoms with Gasteiger partial charge in [-0.25, -0.2) is 0 Å². The molecular weight excluding hydrogens is 318 g/mol. The van der Waals surface area contributed by atoms with Crippen molar-refractivity contribution in [1.82, 2.24) is 25.0 Å². The van der Waals surface area contributed by atoms with Crippen LogP contribution in [0.1, 0.15) is 21.9 Å². The van der Waals surface area contributed by atoms with Gasteiger partial charge in [-0.15, -0.1) is 0 Å². The Hall–Kier alpha value is -2.80. The maximum Gasteiger partial charge on any atom is 0.268 e. The number of nitrogens with zero attached hydrogens (tertiary/aromatic N) is 3. The third-order valence-corrected chi connectivity index (χ3v) is 4.64. The summed E-state index contributed by atoms with van der Waals surface area (Å²) < 4.78 is 9.15. The van der Waals surface area contributed by atoms with E-state index in [-0.39, 0.29) is 5.91 Å². The number of hydrogen-bond donors (Lipinski definition) is 2. The first-order valence-electron chi connectivity index (χ1n) is 8.33. The molecule has 3 aromatic rings. The van der Waals surface area contributed by atoms with Gasteiger partial charge in [-0.3, -0.25) is 9.48 Å². The third-order valence-electron chi connectivity index (χ3n) is 4.64. The molecule has 0 aliphatic carbocycles. The first kappa shape index (κ1) is 15.7. The molecule has 130 valence electrons. The zero-order valence-electron chi connectivity index (χ0n) is 14.4. The Morgan fingerprint density at radius 1 is 1.36 bits per heavy atom. The monoisotopic (exact) mass is 339 g/mol. The van der Waals surface area contributed by atoms with E-state index in [1.54, 1.807) is 7.11 Å². The van der Waals surface area contributed by atoms with E-state index in [2.05, 4.69) is 15.7 Å². The summed E-state index contributed by atoms with van der Waals surface area (Å²) in [5, 5.41) is 11.8. The van der Waals surface area contributed by atoms with Gasteiger partial charge >= 0.3 is 0 Å². The zero-order chi connectivity index (χ0) is 17.4. The summed E-state index contributed by atoms with van der Waals surface area (Å²) in [5.74, 6) is 0.666. The molecule has 0 atom stereocenters. The lowest BCUT2D eigenvalue weighted by Gasteiger charge is -2.13. The minimum atomic E-state index is -0.109. The average molecular weight is 339 g/mol. The molecule has 7 heteroatoms. The molecule has 2 aromatic heterocycles. The number of fused-ring (bicyclic) bond motifs is 2. The fraction of sp³-hybridized carbons (Fsp3) is 0.333. The van der Waals surface area contributed by atoms with E-state index in [0.29, 0.717) is 12.2 Å². The summed E-state index contributed by atoms with van der Waals surface area (Å²) in [6.45, 7) is 3.05. The van der Waals surface area contributed by atoms with Gasteiger partial charge in [0.15, 0.2) is 0 Å². The SMILES string of the molecule is COc1ccc2cc(C(=O)NCc3cc4n(n3)CCNC4)n(C)c2c1. The van der Waals surface area contributed by atoms with Crippen molar-refractivity contribution in [3.05, 3.63) is 47.4 Å². The van der Waals surface area contributed by atoms with Gasteiger partial charge in [0.05, 0.1) is 37.1 Å². The lowest BCUT2D eigenvalue weighted by atomic mass is 10.2. The van der Waals surface area contributed by atoms with Crippen LogP contribution in [0.5, 0.6) is 5.75 Å². The van der Waals surface area contributed by atoms with Crippen LogP contribution in [0.2, 0.25) is 0 Å². The van der Waals surface area contributed by atoms with Crippen LogP contribution < -0.4 is 15.4 Å². The molecule has 3 heterocycles. The van der Waals surface area contributed by atoms with Gasteiger partial charge in [-0.1, -0.05) is 0 Å². The van der Waals surface area contributed by atoms with Crippen LogP contribution in [0.15, 0.2) is 30.3 Å². The Kier molecular flexibility index (Phi) is 3.93. The number of amides is 1. The molecular formula is C18H21N5O2. The van der Waals surface area contributed by atoms with Gasteiger partial charge in [-0.05, 0) is 24.3 Å². The second-order valence-corrected chi connectivity index (χ2v) is 6.22. The molecule has 2 N–H and O–H groups in total. The third kappa shape index (κ3) is 2.87. The Balaban J connectivity index is 1.52. The largest absolute Gasteiger partial charge is 0.497 e. The van der Waals surface area contributed by atoms with Crippen molar-refractivity contribution < 1.29 is 9.53 Å². The molecule has 0 fully saturated rings. The smallest absolute Gasteiger partial charge is 0.268 e. The average Bonchev–Trinajstić information content (AvgIpc) is 3.20. The molecule has 25 heavy (non-hydrogen) atoms. The highest BCUT2D eigenvalue weighted by molar-refractivity contribution is 5.98. The van der Waals surface area contributed by atoms with Crippen molar-refractivity contribution in [3.63, 3.8) is 0 Å². The van der Waals surface area contributed by atoms with Gasteiger partial charge in [0, 0.05) is 31.6 Å². The van der Waals surface area contributed by atoms with Crippen LogP contribution in [0.25, 0.3) is 10.9 Å². The second kappa shape index (κ2) is 6.25. The van der Waals surface area contributed by atoms with Crippen LogP contribution >= 0.6 is 0 Å². The van der Waals surface area contributed by atoms with Crippen molar-refractivity contribution in [2.45, 2.75) is 19.6 Å². The minimum absolute atomic E-state index is 0.109. The van der Waals surface area contributed by atoms with Gasteiger partial charge in [0.2, 0.25) is 0 Å². The number of carbonyl (C=O) groups is 1. The van der Waals surface area contributed by atoms with Crippen LogP contribution in [0.4, 0.5) is 0 Å². The lowest BCUT2D eigenvalue weighted by molar-refractivity contribution is 0.0942. The highest BCUT2D eigenvalue weighted by Gasteiger charge is 2.16. The summed E-state index contributed by atoms with van der Waals surface area (Å²) >= 11 is 0. The van der Waals surface area contributed by atoms with Crippen molar-refractivity contribution in [1.29, 1.82) is 0 Å². The van der Waals surface area contributed by atoms with E-state index in [1.807, 2.05) is 46.6 Å². The molecule has 7 nitrogen and oxygen atoms in total. The van der Waals surface area contributed by atoms with E-state index in [4.69, 9.17) is 4.74 Å². The van der Waals surface area contributed by atoms with Crippen molar-refractivity contribution >= 4 is 16.8 Å². The maximum absolute atomic E-state index is 12.6. The molecule has 0 saturated carbocycles. The number of hydrogen-bond acceptors (Lipinski definition) is 4. The van der Waals surface area contributed by atoms with Gasteiger partial charge in [0.1, 0.15) is 11.4 Å². The van der Waals surface area contributed by atoms with Crippen molar-refractivity contribution in [3.8, 4) is 5.75 Å². The summed E-state index contributed by atoms with van der Waals surface area (Å²) in [6, 6.07) is 9.72. The lowest BCUT2D eigenvalue weighted by Crippen LogP contribution is -2.28. The Bertz CT molecular complexity index is 917. The molecule has 4 rings (SSSR count). The van der Waals surface area contributed by atoms with E-state index in [9.17, 15) is 4.79 Å². The quantitative estimate of drug-likeness (QED) is 0.754. The Labute approximate surface area is 145 Å². The van der Waals surface area contributed by atoms with E-state index in [0.717, 1.165) is 47.7 Å². The predicted octanol–water partition coefficient (Wildman–Crippen LogP) is 1.42. The Morgan fingerprint density at radius 2 is 2.24 bits per heavy atom. The van der Waals surface area contributed by atoms with Gasteiger partial charge < -0.3 is 19.9 Å². The maximum atomic E-state index is 12.6. The summed E-state index contributed by atoms with van der Waals surface area (Å²) in [7, 11) is 3.52. The number of rotatable bonds is 4. The Morgan fingerprint density at radius 3 is 3.04 bits per heavy atom. The molecule has 0 spiro atoms. The summed E-state index contributed by atoms with van der Waals surface area (Å²) in [6.07, 6.45) is 0. The standard InChI is InChI=1S/C18H21N5O2/c1-22-16-9-15(25-2)4-3-12(16)7-17(22)18(24)20-10-13-8-14-11-19-5-6-23(14)21-13/h3-4,7-9,19H,5-6,10-11H2,1-2H3,(H,20,24). The molecule has 1 amide bonds. The van der Waals surface area contributed by atoms with Gasteiger partial charge in [-0.2, -0.15) is 5.10 Å². The summed E-state index contributed by atoms with van der Waals surface area (Å²) in [5.41, 5.74) is 3.63. The number of nitrogens with one attached hydrogen (secondary N) is 2. The zero-order valence-corrected chi connectivity index (χ0v) is 14.4. The second-order valence-electron chi connectivity index (χ2n) is 6.22. The van der Waals surface area contributed by atoms with Crippen molar-refractivity contribution in [2.24, 2.45) is 7.05 Å². The number of benzene rings is 1. The highest BCUT2D eigenvalue weighted by Crippen LogP contribution is 2.23. The fourth-order valence-corrected chi connectivity index (χ4v) is 3.25. The fourth-order valence-electron chi connectivity index (χ4n) is 3.25. The minimum Gasteiger partial charge on any atom is -0.497 e. The first-order valence-corrected chi connectivity index (χ1v) is 8.33. The van der Waals surface area contributed by atoms with E-state index in [1.165, 1.54) is 0 Å². The first-order chi connectivity index (χ1) is 12.2. The summed E-state index contributed by atoms with van der Waals surface area (Å²) in [4.78, 5) is 12.6. The van der Waals surface area contributed by atoms with Crippen LogP contribution in [0.3, 0.4) is 0 Å². The molecule has 0 saturated heterocycles. The van der Waals surface area contributed by atoms with Crippen molar-refractivity contribution in [2.75, 3.05) is 13.7 Å². The molecule has 1 aromatic carbocycles. The molecule has 0 bridgehead atoms. The number of ether oxygens (including phenoxy) is 1. The number of aryl methyl sites for hydroxylation is 1. The van der Waals surface area contributed by atoms with Crippen LogP contribution in [-0.2, 0) is 26.7 Å². The molecule has 1 aliphatic heterocycles. The molecule has 0 unspecified atom stereocenters. The van der Waals surface area contributed by atoms with Crippen LogP contribution in [-0.4, -0.2) is 33.9 Å². The number of carbonyl (C=O) groups excluding carboxylic acids is 1. The van der Waals surface area contributed by atoms with Gasteiger partial charge in [0.25, 0.3) is 5.91 Å².